The van der Waals surface area contributed by atoms with Crippen LogP contribution in [0.4, 0.5) is 0 Å². The number of aliphatic hydroxyl groups excluding tert-OH is 3. The first kappa shape index (κ1) is 26.6. The molecule has 0 radical (unpaired) electrons. The summed E-state index contributed by atoms with van der Waals surface area (Å²) in [6, 6.07) is 2.42. The van der Waals surface area contributed by atoms with Crippen molar-refractivity contribution in [2.45, 2.75) is 86.4 Å². The molecule has 0 bridgehead atoms. The summed E-state index contributed by atoms with van der Waals surface area (Å²) < 4.78 is 19.8. The molecule has 1 aromatic rings. The quantitative estimate of drug-likeness (QED) is 0.243. The second-order valence-corrected chi connectivity index (χ2v) is 11.5. The number of likely N-dealkylation sites (N-methyl/N-ethyl adjacent to an activating group) is 2. The first-order chi connectivity index (χ1) is 16.0. The van der Waals surface area contributed by atoms with E-state index < -0.39 is 66.2 Å². The zero-order chi connectivity index (χ0) is 24.9. The molecular weight excluding hydrogens is 486 g/mol. The van der Waals surface area contributed by atoms with Gasteiger partial charge in [-0.1, -0.05) is 11.6 Å². The Morgan fingerprint density at radius 1 is 1.09 bits per heavy atom. The highest BCUT2D eigenvalue weighted by Gasteiger charge is 2.73. The summed E-state index contributed by atoms with van der Waals surface area (Å²) in [4.78, 5) is 1.00. The van der Waals surface area contributed by atoms with Crippen LogP contribution in [-0.4, -0.2) is 107 Å². The lowest BCUT2D eigenvalue weighted by Gasteiger charge is -2.66. The summed E-state index contributed by atoms with van der Waals surface area (Å²) in [5.74, 6) is -1.57. The van der Waals surface area contributed by atoms with Gasteiger partial charge >= 0.3 is 0 Å². The molecule has 10 nitrogen and oxygen atoms in total. The van der Waals surface area contributed by atoms with E-state index in [9.17, 15) is 20.4 Å². The summed E-state index contributed by atoms with van der Waals surface area (Å²) in [6.07, 6.45) is -4.10. The topological polar surface area (TPSA) is 145 Å². The molecule has 0 aromatic carbocycles. The molecular formula is C22H36ClN3O7S. The first-order valence-corrected chi connectivity index (χ1v) is 12.8. The van der Waals surface area contributed by atoms with Gasteiger partial charge in [0.1, 0.15) is 23.9 Å². The van der Waals surface area contributed by atoms with E-state index in [1.54, 1.807) is 21.0 Å². The number of thiophene rings is 1. The summed E-state index contributed by atoms with van der Waals surface area (Å²) >= 11 is 7.47. The Morgan fingerprint density at radius 3 is 2.38 bits per heavy atom. The third-order valence-corrected chi connectivity index (χ3v) is 8.82. The van der Waals surface area contributed by atoms with Crippen molar-refractivity contribution >= 4 is 22.9 Å². The molecule has 0 amide bonds. The SMILES string of the molecule is CNC1C(O)C(NC)C2OC3(CO)C(O)(CNCc4ccc(Cl)s4)CC(C)OC3(C)OC2C1O. The van der Waals surface area contributed by atoms with E-state index >= 15 is 0 Å². The number of halogens is 1. The van der Waals surface area contributed by atoms with E-state index in [1.807, 2.05) is 19.1 Å². The van der Waals surface area contributed by atoms with Crippen LogP contribution in [0.1, 0.15) is 25.1 Å². The normalized spacial score (nSPS) is 46.7. The molecule has 10 atom stereocenters. The number of aliphatic hydroxyl groups is 4. The third kappa shape index (κ3) is 4.13. The van der Waals surface area contributed by atoms with Crippen molar-refractivity contribution in [3.63, 3.8) is 0 Å². The van der Waals surface area contributed by atoms with Gasteiger partial charge in [-0.3, -0.25) is 0 Å². The average Bonchev–Trinajstić information content (AvgIpc) is 3.18. The molecule has 34 heavy (non-hydrogen) atoms. The highest BCUT2D eigenvalue weighted by atomic mass is 35.5. The van der Waals surface area contributed by atoms with Crippen LogP contribution in [0.25, 0.3) is 0 Å². The number of ether oxygens (including phenoxy) is 3. The van der Waals surface area contributed by atoms with E-state index in [0.29, 0.717) is 10.9 Å². The number of hydrogen-bond acceptors (Lipinski definition) is 11. The van der Waals surface area contributed by atoms with Crippen LogP contribution in [0.2, 0.25) is 4.34 Å². The maximum Gasteiger partial charge on any atom is 0.200 e. The molecule has 2 saturated heterocycles. The number of nitrogens with one attached hydrogen (secondary N) is 3. The number of rotatable bonds is 7. The Kier molecular flexibility index (Phi) is 7.69. The number of hydrogen-bond donors (Lipinski definition) is 7. The van der Waals surface area contributed by atoms with Gasteiger partial charge in [-0.2, -0.15) is 0 Å². The maximum absolute atomic E-state index is 12.0. The lowest BCUT2D eigenvalue weighted by atomic mass is 9.69. The van der Waals surface area contributed by atoms with E-state index in [0.717, 1.165) is 4.88 Å². The maximum atomic E-state index is 12.0. The molecule has 3 aliphatic rings. The molecule has 194 valence electrons. The molecule has 4 rings (SSSR count). The second-order valence-electron chi connectivity index (χ2n) is 9.68. The summed E-state index contributed by atoms with van der Waals surface area (Å²) in [6.45, 7) is 3.40. The van der Waals surface area contributed by atoms with E-state index in [2.05, 4.69) is 16.0 Å². The molecule has 1 aromatic heterocycles. The summed E-state index contributed by atoms with van der Waals surface area (Å²) in [7, 11) is 3.33. The van der Waals surface area contributed by atoms with Crippen LogP contribution < -0.4 is 16.0 Å². The lowest BCUT2D eigenvalue weighted by Crippen LogP contribution is -2.85. The molecule has 1 aliphatic carbocycles. The third-order valence-electron chi connectivity index (χ3n) is 7.59. The van der Waals surface area contributed by atoms with Crippen molar-refractivity contribution in [3.8, 4) is 0 Å². The zero-order valence-corrected chi connectivity index (χ0v) is 21.4. The molecule has 2 aliphatic heterocycles. The van der Waals surface area contributed by atoms with Crippen molar-refractivity contribution in [2.24, 2.45) is 0 Å². The number of fused-ring (bicyclic) bond motifs is 2. The first-order valence-electron chi connectivity index (χ1n) is 11.6. The minimum absolute atomic E-state index is 0.0849. The fraction of sp³-hybridized carbons (Fsp3) is 0.818. The van der Waals surface area contributed by atoms with Gasteiger partial charge in [-0.05, 0) is 40.1 Å². The fourth-order valence-corrected chi connectivity index (χ4v) is 7.03. The minimum Gasteiger partial charge on any atom is -0.393 e. The molecule has 1 saturated carbocycles. The Balaban J connectivity index is 1.67. The van der Waals surface area contributed by atoms with Gasteiger partial charge in [0.25, 0.3) is 0 Å². The van der Waals surface area contributed by atoms with Crippen LogP contribution >= 0.6 is 22.9 Å². The Morgan fingerprint density at radius 2 is 1.79 bits per heavy atom. The summed E-state index contributed by atoms with van der Waals surface area (Å²) in [5, 5.41) is 53.9. The highest BCUT2D eigenvalue weighted by molar-refractivity contribution is 7.16. The van der Waals surface area contributed by atoms with Crippen molar-refractivity contribution in [2.75, 3.05) is 27.2 Å². The predicted molar refractivity (Wildman–Crippen MR) is 127 cm³/mol. The molecule has 3 heterocycles. The second kappa shape index (κ2) is 9.81. The molecule has 7 N–H and O–H groups in total. The fourth-order valence-electron chi connectivity index (χ4n) is 5.97. The monoisotopic (exact) mass is 521 g/mol. The molecule has 3 fully saturated rings. The van der Waals surface area contributed by atoms with Crippen LogP contribution in [0.5, 0.6) is 0 Å². The Labute approximate surface area is 208 Å². The van der Waals surface area contributed by atoms with Gasteiger partial charge in [0.15, 0.2) is 5.60 Å². The molecule has 10 unspecified atom stereocenters. The standard InChI is InChI=1S/C22H36ClN3O7S/c1-11-7-21(30,9-26-8-12-5-6-13(23)34-12)22(10-27)20(2,31-11)32-19-17(29)14(24-3)16(28)15(25-4)18(19)33-22/h5-6,11,14-19,24-30H,7-10H2,1-4H3. The highest BCUT2D eigenvalue weighted by Crippen LogP contribution is 2.53. The van der Waals surface area contributed by atoms with Gasteiger partial charge in [0.2, 0.25) is 5.79 Å². The van der Waals surface area contributed by atoms with E-state index in [4.69, 9.17) is 25.8 Å². The van der Waals surface area contributed by atoms with Gasteiger partial charge in [0, 0.05) is 24.4 Å². The van der Waals surface area contributed by atoms with Crippen LogP contribution in [0.15, 0.2) is 12.1 Å². The molecule has 0 spiro atoms. The van der Waals surface area contributed by atoms with Gasteiger partial charge in [-0.25, -0.2) is 0 Å². The largest absolute Gasteiger partial charge is 0.393 e. The van der Waals surface area contributed by atoms with Crippen molar-refractivity contribution < 1.29 is 34.6 Å². The van der Waals surface area contributed by atoms with Gasteiger partial charge in [0.05, 0.1) is 35.2 Å². The predicted octanol–water partition coefficient (Wildman–Crippen LogP) is -0.826. The van der Waals surface area contributed by atoms with Crippen LogP contribution in [0.3, 0.4) is 0 Å². The average molecular weight is 522 g/mol. The zero-order valence-electron chi connectivity index (χ0n) is 19.8. The summed E-state index contributed by atoms with van der Waals surface area (Å²) in [5.41, 5.74) is -3.27. The van der Waals surface area contributed by atoms with E-state index in [-0.39, 0.29) is 13.0 Å². The van der Waals surface area contributed by atoms with Gasteiger partial charge in [-0.15, -0.1) is 11.3 Å². The minimum atomic E-state index is -1.69. The lowest BCUT2D eigenvalue weighted by molar-refractivity contribution is -0.473. The molecule has 12 heteroatoms. The van der Waals surface area contributed by atoms with E-state index in [1.165, 1.54) is 11.3 Å². The van der Waals surface area contributed by atoms with Crippen LogP contribution in [-0.2, 0) is 20.8 Å². The van der Waals surface area contributed by atoms with Crippen molar-refractivity contribution in [1.82, 2.24) is 16.0 Å². The van der Waals surface area contributed by atoms with Crippen molar-refractivity contribution in [1.29, 1.82) is 0 Å². The van der Waals surface area contributed by atoms with Crippen molar-refractivity contribution in [3.05, 3.63) is 21.3 Å². The Hall–Kier alpha value is -0.410. The Bertz CT molecular complexity index is 866. The smallest absolute Gasteiger partial charge is 0.200 e. The van der Waals surface area contributed by atoms with Gasteiger partial charge < -0.3 is 50.6 Å². The van der Waals surface area contributed by atoms with Crippen LogP contribution in [0, 0.1) is 0 Å².